The summed E-state index contributed by atoms with van der Waals surface area (Å²) < 4.78 is 5.11. The van der Waals surface area contributed by atoms with Crippen molar-refractivity contribution >= 4 is 23.0 Å². The lowest BCUT2D eigenvalue weighted by Crippen LogP contribution is -2.23. The molecular formula is C16H21N3OS. The molecule has 1 aromatic carbocycles. The summed E-state index contributed by atoms with van der Waals surface area (Å²) in [5.41, 5.74) is 6.81. The number of guanidine groups is 1. The van der Waals surface area contributed by atoms with Gasteiger partial charge in [0, 0.05) is 17.1 Å². The number of ether oxygens (including phenoxy) is 1. The third kappa shape index (κ3) is 5.11. The van der Waals surface area contributed by atoms with Crippen LogP contribution in [0, 0.1) is 5.92 Å². The topological polar surface area (TPSA) is 59.6 Å². The number of thiophene rings is 1. The van der Waals surface area contributed by atoms with Gasteiger partial charge in [-0.1, -0.05) is 13.0 Å². The molecular weight excluding hydrogens is 282 g/mol. The Morgan fingerprint density at radius 2 is 2.10 bits per heavy atom. The van der Waals surface area contributed by atoms with Crippen molar-refractivity contribution in [1.29, 1.82) is 0 Å². The summed E-state index contributed by atoms with van der Waals surface area (Å²) in [4.78, 5) is 5.79. The van der Waals surface area contributed by atoms with E-state index in [1.165, 1.54) is 4.88 Å². The Morgan fingerprint density at radius 1 is 1.33 bits per heavy atom. The van der Waals surface area contributed by atoms with Gasteiger partial charge in [-0.25, -0.2) is 0 Å². The fourth-order valence-electron chi connectivity index (χ4n) is 1.95. The molecule has 0 spiro atoms. The van der Waals surface area contributed by atoms with E-state index in [9.17, 15) is 0 Å². The van der Waals surface area contributed by atoms with Crippen molar-refractivity contribution in [1.82, 2.24) is 0 Å². The molecule has 0 saturated carbocycles. The highest BCUT2D eigenvalue weighted by molar-refractivity contribution is 7.09. The minimum Gasteiger partial charge on any atom is -0.497 e. The Balaban J connectivity index is 1.82. The molecule has 2 rings (SSSR count). The normalized spacial score (nSPS) is 13.0. The summed E-state index contributed by atoms with van der Waals surface area (Å²) in [7, 11) is 1.65. The summed E-state index contributed by atoms with van der Waals surface area (Å²) in [6.07, 6.45) is 1.04. The SMILES string of the molecule is COc1ccc(NC(N)=NCC(C)Cc2cccs2)cc1. The highest BCUT2D eigenvalue weighted by Gasteiger charge is 2.04. The van der Waals surface area contributed by atoms with Gasteiger partial charge in [0.05, 0.1) is 7.11 Å². The molecule has 21 heavy (non-hydrogen) atoms. The third-order valence-corrected chi connectivity index (χ3v) is 3.96. The van der Waals surface area contributed by atoms with Crippen LogP contribution >= 0.6 is 11.3 Å². The molecule has 3 N–H and O–H groups in total. The highest BCUT2D eigenvalue weighted by atomic mass is 32.1. The lowest BCUT2D eigenvalue weighted by molar-refractivity contribution is 0.415. The van der Waals surface area contributed by atoms with Crippen molar-refractivity contribution in [2.24, 2.45) is 16.6 Å². The number of nitrogens with one attached hydrogen (secondary N) is 1. The second-order valence-electron chi connectivity index (χ2n) is 4.97. The van der Waals surface area contributed by atoms with E-state index in [2.05, 4.69) is 34.7 Å². The van der Waals surface area contributed by atoms with Crippen LogP contribution in [0.3, 0.4) is 0 Å². The number of nitrogens with two attached hydrogens (primary N) is 1. The van der Waals surface area contributed by atoms with Crippen LogP contribution in [0.2, 0.25) is 0 Å². The van der Waals surface area contributed by atoms with Crippen LogP contribution in [-0.2, 0) is 6.42 Å². The van der Waals surface area contributed by atoms with Crippen molar-refractivity contribution in [3.05, 3.63) is 46.7 Å². The van der Waals surface area contributed by atoms with Crippen LogP contribution in [-0.4, -0.2) is 19.6 Å². The van der Waals surface area contributed by atoms with Crippen molar-refractivity contribution in [2.75, 3.05) is 19.0 Å². The lowest BCUT2D eigenvalue weighted by Gasteiger charge is -2.09. The molecule has 1 heterocycles. The fourth-order valence-corrected chi connectivity index (χ4v) is 2.82. The average molecular weight is 303 g/mol. The van der Waals surface area contributed by atoms with Gasteiger partial charge in [0.1, 0.15) is 5.75 Å². The van der Waals surface area contributed by atoms with Gasteiger partial charge in [0.2, 0.25) is 0 Å². The Bertz CT molecular complexity index is 564. The second-order valence-corrected chi connectivity index (χ2v) is 6.00. The van der Waals surface area contributed by atoms with Crippen LogP contribution in [0.5, 0.6) is 5.75 Å². The van der Waals surface area contributed by atoms with Gasteiger partial charge in [0.15, 0.2) is 5.96 Å². The summed E-state index contributed by atoms with van der Waals surface area (Å²) in [5, 5.41) is 5.18. The van der Waals surface area contributed by atoms with E-state index in [0.29, 0.717) is 18.4 Å². The van der Waals surface area contributed by atoms with Crippen molar-refractivity contribution in [3.63, 3.8) is 0 Å². The molecule has 0 aliphatic carbocycles. The van der Waals surface area contributed by atoms with E-state index in [-0.39, 0.29) is 0 Å². The molecule has 0 radical (unpaired) electrons. The quantitative estimate of drug-likeness (QED) is 0.635. The molecule has 0 aliphatic rings. The fraction of sp³-hybridized carbons (Fsp3) is 0.312. The lowest BCUT2D eigenvalue weighted by atomic mass is 10.1. The maximum Gasteiger partial charge on any atom is 0.193 e. The van der Waals surface area contributed by atoms with E-state index >= 15 is 0 Å². The number of hydrogen-bond acceptors (Lipinski definition) is 3. The zero-order valence-electron chi connectivity index (χ0n) is 12.4. The van der Waals surface area contributed by atoms with E-state index in [1.54, 1.807) is 18.4 Å². The number of rotatable bonds is 6. The third-order valence-electron chi connectivity index (χ3n) is 3.07. The Hall–Kier alpha value is -2.01. The molecule has 5 heteroatoms. The van der Waals surface area contributed by atoms with E-state index < -0.39 is 0 Å². The summed E-state index contributed by atoms with van der Waals surface area (Å²) in [6.45, 7) is 2.90. The van der Waals surface area contributed by atoms with Gasteiger partial charge in [-0.15, -0.1) is 11.3 Å². The standard InChI is InChI=1S/C16H21N3OS/c1-12(10-15-4-3-9-21-15)11-18-16(17)19-13-5-7-14(20-2)8-6-13/h3-9,12H,10-11H2,1-2H3,(H3,17,18,19). The van der Waals surface area contributed by atoms with Gasteiger partial charge in [-0.2, -0.15) is 0 Å². The van der Waals surface area contributed by atoms with Gasteiger partial charge in [0.25, 0.3) is 0 Å². The van der Waals surface area contributed by atoms with Crippen molar-refractivity contribution < 1.29 is 4.74 Å². The first-order chi connectivity index (χ1) is 10.2. The molecule has 4 nitrogen and oxygen atoms in total. The van der Waals surface area contributed by atoms with Gasteiger partial charge < -0.3 is 15.8 Å². The largest absolute Gasteiger partial charge is 0.497 e. The summed E-state index contributed by atoms with van der Waals surface area (Å²) >= 11 is 1.78. The molecule has 112 valence electrons. The van der Waals surface area contributed by atoms with Crippen LogP contribution in [0.1, 0.15) is 11.8 Å². The molecule has 0 amide bonds. The summed E-state index contributed by atoms with van der Waals surface area (Å²) in [6, 6.07) is 11.8. The zero-order valence-corrected chi connectivity index (χ0v) is 13.2. The van der Waals surface area contributed by atoms with E-state index in [0.717, 1.165) is 17.9 Å². The molecule has 0 aliphatic heterocycles. The van der Waals surface area contributed by atoms with Crippen molar-refractivity contribution in [2.45, 2.75) is 13.3 Å². The molecule has 1 atom stereocenters. The Labute approximate surface area is 129 Å². The molecule has 1 aromatic heterocycles. The maximum absolute atomic E-state index is 5.91. The smallest absolute Gasteiger partial charge is 0.193 e. The predicted molar refractivity (Wildman–Crippen MR) is 90.3 cm³/mol. The van der Waals surface area contributed by atoms with Crippen LogP contribution < -0.4 is 15.8 Å². The van der Waals surface area contributed by atoms with Crippen LogP contribution in [0.25, 0.3) is 0 Å². The number of anilines is 1. The Morgan fingerprint density at radius 3 is 2.71 bits per heavy atom. The first-order valence-electron chi connectivity index (χ1n) is 6.90. The van der Waals surface area contributed by atoms with Crippen LogP contribution in [0.15, 0.2) is 46.8 Å². The molecule has 0 bridgehead atoms. The first kappa shape index (κ1) is 15.4. The first-order valence-corrected chi connectivity index (χ1v) is 7.78. The number of benzene rings is 1. The number of methoxy groups -OCH3 is 1. The van der Waals surface area contributed by atoms with Gasteiger partial charge in [-0.05, 0) is 48.1 Å². The molecule has 1 unspecified atom stereocenters. The van der Waals surface area contributed by atoms with E-state index in [1.807, 2.05) is 24.3 Å². The van der Waals surface area contributed by atoms with E-state index in [4.69, 9.17) is 10.5 Å². The number of nitrogens with zero attached hydrogens (tertiary/aromatic N) is 1. The number of hydrogen-bond donors (Lipinski definition) is 2. The average Bonchev–Trinajstić information content (AvgIpc) is 2.99. The minimum atomic E-state index is 0.443. The predicted octanol–water partition coefficient (Wildman–Crippen LogP) is 3.36. The molecule has 2 aromatic rings. The Kier molecular flexibility index (Phi) is 5.63. The molecule has 0 fully saturated rings. The summed E-state index contributed by atoms with van der Waals surface area (Å²) in [5.74, 6) is 1.73. The van der Waals surface area contributed by atoms with Crippen LogP contribution in [0.4, 0.5) is 5.69 Å². The highest BCUT2D eigenvalue weighted by Crippen LogP contribution is 2.16. The minimum absolute atomic E-state index is 0.443. The monoisotopic (exact) mass is 303 g/mol. The van der Waals surface area contributed by atoms with Gasteiger partial charge in [-0.3, -0.25) is 4.99 Å². The second kappa shape index (κ2) is 7.69. The zero-order chi connectivity index (χ0) is 15.1. The number of aliphatic imine (C=N–C) groups is 1. The molecule has 0 saturated heterocycles. The van der Waals surface area contributed by atoms with Crippen molar-refractivity contribution in [3.8, 4) is 5.75 Å². The maximum atomic E-state index is 5.91. The van der Waals surface area contributed by atoms with Gasteiger partial charge >= 0.3 is 0 Å².